The van der Waals surface area contributed by atoms with Crippen molar-refractivity contribution in [3.05, 3.63) is 11.6 Å². The molecule has 0 saturated carbocycles. The quantitative estimate of drug-likeness (QED) is 0.269. The van der Waals surface area contributed by atoms with Gasteiger partial charge in [0.05, 0.1) is 0 Å². The van der Waals surface area contributed by atoms with Crippen LogP contribution in [0.15, 0.2) is 4.99 Å². The number of aromatic nitrogens is 3. The Labute approximate surface area is 169 Å². The number of rotatable bonds is 8. The molecule has 1 aliphatic heterocycles. The van der Waals surface area contributed by atoms with Gasteiger partial charge in [-0.25, -0.2) is 0 Å². The first-order chi connectivity index (χ1) is 11.7. The molecule has 7 heteroatoms. The molecule has 6 nitrogen and oxygen atoms in total. The van der Waals surface area contributed by atoms with E-state index in [-0.39, 0.29) is 24.0 Å². The third-order valence-electron chi connectivity index (χ3n) is 4.67. The first-order valence-corrected chi connectivity index (χ1v) is 9.62. The fourth-order valence-corrected chi connectivity index (χ4v) is 3.22. The molecule has 0 amide bonds. The lowest BCUT2D eigenvalue weighted by Gasteiger charge is -2.17. The Kier molecular flexibility index (Phi) is 11.1. The first kappa shape index (κ1) is 22.2. The molecule has 25 heavy (non-hydrogen) atoms. The maximum Gasteiger partial charge on any atom is 0.191 e. The van der Waals surface area contributed by atoms with Gasteiger partial charge in [0, 0.05) is 39.0 Å². The smallest absolute Gasteiger partial charge is 0.191 e. The van der Waals surface area contributed by atoms with E-state index in [0.29, 0.717) is 6.04 Å². The van der Waals surface area contributed by atoms with Crippen molar-refractivity contribution in [2.75, 3.05) is 13.6 Å². The van der Waals surface area contributed by atoms with Crippen molar-refractivity contribution in [1.29, 1.82) is 0 Å². The molecule has 1 atom stereocenters. The van der Waals surface area contributed by atoms with Gasteiger partial charge in [0.25, 0.3) is 0 Å². The van der Waals surface area contributed by atoms with Crippen molar-refractivity contribution in [3.8, 4) is 0 Å². The summed E-state index contributed by atoms with van der Waals surface area (Å²) in [5.74, 6) is 3.15. The van der Waals surface area contributed by atoms with Gasteiger partial charge < -0.3 is 15.2 Å². The molecule has 1 aliphatic rings. The van der Waals surface area contributed by atoms with Crippen LogP contribution in [0.1, 0.15) is 70.4 Å². The lowest BCUT2D eigenvalue weighted by molar-refractivity contribution is 0.545. The Morgan fingerprint density at radius 2 is 2.08 bits per heavy atom. The van der Waals surface area contributed by atoms with Crippen LogP contribution in [0.25, 0.3) is 0 Å². The van der Waals surface area contributed by atoms with E-state index < -0.39 is 0 Å². The molecule has 2 N–H and O–H groups in total. The Hall–Kier alpha value is -0.860. The molecule has 0 aromatic carbocycles. The highest BCUT2D eigenvalue weighted by molar-refractivity contribution is 14.0. The van der Waals surface area contributed by atoms with Crippen molar-refractivity contribution >= 4 is 29.9 Å². The molecule has 0 spiro atoms. The van der Waals surface area contributed by atoms with Crippen LogP contribution in [0.3, 0.4) is 0 Å². The van der Waals surface area contributed by atoms with Crippen LogP contribution >= 0.6 is 24.0 Å². The van der Waals surface area contributed by atoms with Crippen LogP contribution in [0.2, 0.25) is 0 Å². The Balaban J connectivity index is 0.00000312. The molecular formula is C18H35IN6. The maximum atomic E-state index is 4.39. The number of aliphatic imine (C=N–C) groups is 1. The summed E-state index contributed by atoms with van der Waals surface area (Å²) in [5.41, 5.74) is 0. The van der Waals surface area contributed by atoms with E-state index in [0.717, 1.165) is 43.5 Å². The molecular weight excluding hydrogens is 427 g/mol. The highest BCUT2D eigenvalue weighted by atomic mass is 127. The number of hydrogen-bond acceptors (Lipinski definition) is 3. The van der Waals surface area contributed by atoms with Crippen molar-refractivity contribution in [2.45, 2.75) is 84.2 Å². The minimum absolute atomic E-state index is 0. The number of aryl methyl sites for hydroxylation is 1. The SMILES string of the molecule is CCCCCC(C)NC(=NC)NCCc1nnc2n1CCCCC2.I. The lowest BCUT2D eigenvalue weighted by atomic mass is 10.1. The zero-order valence-electron chi connectivity index (χ0n) is 16.1. The first-order valence-electron chi connectivity index (χ1n) is 9.62. The summed E-state index contributed by atoms with van der Waals surface area (Å²) < 4.78 is 2.32. The largest absolute Gasteiger partial charge is 0.356 e. The van der Waals surface area contributed by atoms with E-state index in [4.69, 9.17) is 0 Å². The number of hydrogen-bond donors (Lipinski definition) is 2. The Morgan fingerprint density at radius 1 is 1.24 bits per heavy atom. The van der Waals surface area contributed by atoms with Crippen LogP contribution in [-0.2, 0) is 19.4 Å². The van der Waals surface area contributed by atoms with Crippen LogP contribution in [0.5, 0.6) is 0 Å². The molecule has 0 fully saturated rings. The van der Waals surface area contributed by atoms with Crippen LogP contribution in [0, 0.1) is 0 Å². The minimum Gasteiger partial charge on any atom is -0.356 e. The van der Waals surface area contributed by atoms with Crippen LogP contribution in [0.4, 0.5) is 0 Å². The molecule has 2 rings (SSSR count). The third-order valence-corrected chi connectivity index (χ3v) is 4.67. The second kappa shape index (κ2) is 12.5. The summed E-state index contributed by atoms with van der Waals surface area (Å²) in [5, 5.41) is 15.6. The highest BCUT2D eigenvalue weighted by Crippen LogP contribution is 2.14. The summed E-state index contributed by atoms with van der Waals surface area (Å²) in [6.45, 7) is 6.36. The average Bonchev–Trinajstić information content (AvgIpc) is 2.81. The van der Waals surface area contributed by atoms with Gasteiger partial charge >= 0.3 is 0 Å². The minimum atomic E-state index is 0. The fourth-order valence-electron chi connectivity index (χ4n) is 3.22. The van der Waals surface area contributed by atoms with Gasteiger partial charge in [0.1, 0.15) is 11.6 Å². The van der Waals surface area contributed by atoms with Crippen molar-refractivity contribution in [1.82, 2.24) is 25.4 Å². The van der Waals surface area contributed by atoms with E-state index in [1.165, 1.54) is 44.9 Å². The molecule has 0 radical (unpaired) electrons. The Morgan fingerprint density at radius 3 is 2.84 bits per heavy atom. The molecule has 2 heterocycles. The molecule has 0 aliphatic carbocycles. The van der Waals surface area contributed by atoms with Crippen molar-refractivity contribution in [3.63, 3.8) is 0 Å². The third kappa shape index (κ3) is 7.50. The molecule has 0 bridgehead atoms. The van der Waals surface area contributed by atoms with E-state index >= 15 is 0 Å². The number of halogens is 1. The summed E-state index contributed by atoms with van der Waals surface area (Å²) in [7, 11) is 1.83. The molecule has 144 valence electrons. The molecule has 1 unspecified atom stereocenters. The second-order valence-corrected chi connectivity index (χ2v) is 6.78. The lowest BCUT2D eigenvalue weighted by Crippen LogP contribution is -2.43. The van der Waals surface area contributed by atoms with Gasteiger partial charge in [0.2, 0.25) is 0 Å². The van der Waals surface area contributed by atoms with Gasteiger partial charge in [-0.3, -0.25) is 4.99 Å². The van der Waals surface area contributed by atoms with E-state index in [2.05, 4.69) is 44.2 Å². The Bertz CT molecular complexity index is 514. The standard InChI is InChI=1S/C18H34N6.HI/c1-4-5-7-10-15(2)21-18(19-3)20-13-12-17-23-22-16-11-8-6-9-14-24(16)17;/h15H,4-14H2,1-3H3,(H2,19,20,21);1H. The fraction of sp³-hybridized carbons (Fsp3) is 0.833. The van der Waals surface area contributed by atoms with Gasteiger partial charge in [-0.15, -0.1) is 34.2 Å². The zero-order valence-corrected chi connectivity index (χ0v) is 18.4. The monoisotopic (exact) mass is 462 g/mol. The van der Waals surface area contributed by atoms with Crippen molar-refractivity contribution < 1.29 is 0 Å². The average molecular weight is 462 g/mol. The van der Waals surface area contributed by atoms with E-state index in [1.807, 2.05) is 7.05 Å². The summed E-state index contributed by atoms with van der Waals surface area (Å²) in [6, 6.07) is 0.451. The number of nitrogens with zero attached hydrogens (tertiary/aromatic N) is 4. The topological polar surface area (TPSA) is 67.1 Å². The number of unbranched alkanes of at least 4 members (excludes halogenated alkanes) is 2. The molecule has 1 aromatic rings. The molecule has 0 saturated heterocycles. The van der Waals surface area contributed by atoms with Gasteiger partial charge in [0.15, 0.2) is 5.96 Å². The number of nitrogens with one attached hydrogen (secondary N) is 2. The van der Waals surface area contributed by atoms with Crippen LogP contribution in [-0.4, -0.2) is 40.4 Å². The highest BCUT2D eigenvalue weighted by Gasteiger charge is 2.14. The summed E-state index contributed by atoms with van der Waals surface area (Å²) in [4.78, 5) is 4.33. The van der Waals surface area contributed by atoms with Crippen molar-refractivity contribution in [2.24, 2.45) is 4.99 Å². The maximum absolute atomic E-state index is 4.39. The summed E-state index contributed by atoms with van der Waals surface area (Å²) >= 11 is 0. The second-order valence-electron chi connectivity index (χ2n) is 6.78. The van der Waals surface area contributed by atoms with Gasteiger partial charge in [-0.2, -0.15) is 0 Å². The zero-order chi connectivity index (χ0) is 17.2. The molecule has 1 aromatic heterocycles. The number of guanidine groups is 1. The summed E-state index contributed by atoms with van der Waals surface area (Å²) in [6.07, 6.45) is 10.8. The normalized spacial score (nSPS) is 15.7. The van der Waals surface area contributed by atoms with E-state index in [1.54, 1.807) is 0 Å². The van der Waals surface area contributed by atoms with Gasteiger partial charge in [-0.05, 0) is 26.2 Å². The predicted octanol–water partition coefficient (Wildman–Crippen LogP) is 3.30. The van der Waals surface area contributed by atoms with E-state index in [9.17, 15) is 0 Å². The predicted molar refractivity (Wildman–Crippen MR) is 115 cm³/mol. The van der Waals surface area contributed by atoms with Gasteiger partial charge in [-0.1, -0.05) is 32.6 Å². The number of fused-ring (bicyclic) bond motifs is 1. The van der Waals surface area contributed by atoms with Crippen LogP contribution < -0.4 is 10.6 Å².